The van der Waals surface area contributed by atoms with Crippen LogP contribution in [0.1, 0.15) is 16.6 Å². The Kier molecular flexibility index (Phi) is 5.77. The molecule has 154 valence electrons. The zero-order valence-electron chi connectivity index (χ0n) is 15.9. The van der Waals surface area contributed by atoms with Gasteiger partial charge in [0.05, 0.1) is 39.5 Å². The van der Waals surface area contributed by atoms with Gasteiger partial charge in [0.15, 0.2) is 0 Å². The van der Waals surface area contributed by atoms with Gasteiger partial charge in [0.25, 0.3) is 0 Å². The lowest BCUT2D eigenvalue weighted by atomic mass is 10.2. The van der Waals surface area contributed by atoms with Gasteiger partial charge >= 0.3 is 18.0 Å². The Balaban J connectivity index is 1.47. The number of nitrogens with zero attached hydrogens (tertiary/aromatic N) is 1. The number of rotatable bonds is 6. The van der Waals surface area contributed by atoms with E-state index in [1.54, 1.807) is 24.3 Å². The van der Waals surface area contributed by atoms with Crippen molar-refractivity contribution in [3.05, 3.63) is 52.5 Å². The third-order valence-electron chi connectivity index (χ3n) is 4.24. The number of thiophene rings is 1. The predicted octanol–water partition coefficient (Wildman–Crippen LogP) is 3.31. The van der Waals surface area contributed by atoms with Crippen LogP contribution in [0.25, 0.3) is 20.1 Å². The van der Waals surface area contributed by atoms with Gasteiger partial charge in [-0.25, -0.2) is 19.4 Å². The molecule has 1 aliphatic rings. The second-order valence-electron chi connectivity index (χ2n) is 6.21. The summed E-state index contributed by atoms with van der Waals surface area (Å²) in [5, 5.41) is 5.84. The molecule has 0 fully saturated rings. The molecule has 0 bridgehead atoms. The van der Waals surface area contributed by atoms with Crippen molar-refractivity contribution in [2.45, 2.75) is 6.92 Å². The number of aromatic nitrogens is 1. The van der Waals surface area contributed by atoms with E-state index in [1.807, 2.05) is 30.3 Å². The molecule has 3 heterocycles. The standard InChI is InChI=1S/C20H17N3O5S2/c1-2-27-18(24)11-9-21-20(26)23-13(11)10-28-19(25)16-8-7-15(29-16)17-22-12-5-3-4-6-14(12)30-17/h3-8H,2,9-10H2,1H3,(H2,21,23,26). The number of ether oxygens (including phenoxy) is 2. The van der Waals surface area contributed by atoms with E-state index in [2.05, 4.69) is 15.6 Å². The van der Waals surface area contributed by atoms with E-state index in [1.165, 1.54) is 11.3 Å². The molecule has 0 atom stereocenters. The molecule has 2 N–H and O–H groups in total. The molecule has 0 unspecified atom stereocenters. The quantitative estimate of drug-likeness (QED) is 0.566. The predicted molar refractivity (Wildman–Crippen MR) is 113 cm³/mol. The topological polar surface area (TPSA) is 107 Å². The fourth-order valence-corrected chi connectivity index (χ4v) is 4.74. The first kappa shape index (κ1) is 20.0. The van der Waals surface area contributed by atoms with Gasteiger partial charge in [-0.15, -0.1) is 22.7 Å². The Morgan fingerprint density at radius 3 is 2.73 bits per heavy atom. The monoisotopic (exact) mass is 443 g/mol. The Morgan fingerprint density at radius 1 is 1.10 bits per heavy atom. The molecule has 0 saturated carbocycles. The highest BCUT2D eigenvalue weighted by Gasteiger charge is 2.25. The Bertz CT molecular complexity index is 1130. The Labute approximate surface area is 179 Å². The largest absolute Gasteiger partial charge is 0.463 e. The lowest BCUT2D eigenvalue weighted by Crippen LogP contribution is -2.45. The first-order valence-corrected chi connectivity index (χ1v) is 10.8. The molecule has 3 aromatic rings. The average molecular weight is 444 g/mol. The molecular weight excluding hydrogens is 426 g/mol. The van der Waals surface area contributed by atoms with Crippen LogP contribution < -0.4 is 10.6 Å². The maximum atomic E-state index is 12.5. The van der Waals surface area contributed by atoms with Crippen molar-refractivity contribution < 1.29 is 23.9 Å². The SMILES string of the molecule is CCOC(=O)C1=C(COC(=O)c2ccc(-c3nc4ccccc4s3)s2)NC(=O)NC1. The summed E-state index contributed by atoms with van der Waals surface area (Å²) < 4.78 is 11.4. The molecule has 2 aromatic heterocycles. The van der Waals surface area contributed by atoms with Crippen molar-refractivity contribution in [2.75, 3.05) is 19.8 Å². The number of amides is 2. The molecule has 1 aliphatic heterocycles. The van der Waals surface area contributed by atoms with E-state index in [-0.39, 0.29) is 31.0 Å². The van der Waals surface area contributed by atoms with Gasteiger partial charge in [-0.3, -0.25) is 0 Å². The number of para-hydroxylation sites is 1. The zero-order chi connectivity index (χ0) is 21.1. The summed E-state index contributed by atoms with van der Waals surface area (Å²) in [6, 6.07) is 10.9. The first-order chi connectivity index (χ1) is 14.5. The van der Waals surface area contributed by atoms with Gasteiger partial charge in [0.2, 0.25) is 0 Å². The summed E-state index contributed by atoms with van der Waals surface area (Å²) in [7, 11) is 0. The zero-order valence-corrected chi connectivity index (χ0v) is 17.5. The van der Waals surface area contributed by atoms with E-state index in [0.29, 0.717) is 4.88 Å². The molecule has 10 heteroatoms. The van der Waals surface area contributed by atoms with Crippen molar-refractivity contribution in [1.29, 1.82) is 0 Å². The summed E-state index contributed by atoms with van der Waals surface area (Å²) in [6.07, 6.45) is 0. The highest BCUT2D eigenvalue weighted by molar-refractivity contribution is 7.26. The molecular formula is C20H17N3O5S2. The molecule has 0 spiro atoms. The smallest absolute Gasteiger partial charge is 0.348 e. The lowest BCUT2D eigenvalue weighted by Gasteiger charge is -2.20. The van der Waals surface area contributed by atoms with Crippen LogP contribution in [0.2, 0.25) is 0 Å². The summed E-state index contributed by atoms with van der Waals surface area (Å²) in [6.45, 7) is 1.66. The number of carbonyl (C=O) groups excluding carboxylic acids is 3. The summed E-state index contributed by atoms with van der Waals surface area (Å²) in [5.74, 6) is -1.11. The molecule has 0 saturated heterocycles. The number of urea groups is 1. The second kappa shape index (κ2) is 8.64. The van der Waals surface area contributed by atoms with Crippen molar-refractivity contribution >= 4 is 50.9 Å². The minimum absolute atomic E-state index is 0.0122. The van der Waals surface area contributed by atoms with Crippen molar-refractivity contribution in [1.82, 2.24) is 15.6 Å². The maximum absolute atomic E-state index is 12.5. The maximum Gasteiger partial charge on any atom is 0.348 e. The molecule has 2 amide bonds. The molecule has 30 heavy (non-hydrogen) atoms. The number of hydrogen-bond donors (Lipinski definition) is 2. The number of nitrogens with one attached hydrogen (secondary N) is 2. The van der Waals surface area contributed by atoms with E-state index in [9.17, 15) is 14.4 Å². The third-order valence-corrected chi connectivity index (χ3v) is 6.51. The van der Waals surface area contributed by atoms with E-state index >= 15 is 0 Å². The van der Waals surface area contributed by atoms with Crippen LogP contribution in [0.4, 0.5) is 4.79 Å². The molecule has 0 aliphatic carbocycles. The average Bonchev–Trinajstić information content (AvgIpc) is 3.39. The van der Waals surface area contributed by atoms with Crippen molar-refractivity contribution in [3.8, 4) is 9.88 Å². The van der Waals surface area contributed by atoms with Crippen molar-refractivity contribution in [3.63, 3.8) is 0 Å². The van der Waals surface area contributed by atoms with E-state index < -0.39 is 18.0 Å². The highest BCUT2D eigenvalue weighted by Crippen LogP contribution is 2.34. The molecule has 1 aromatic carbocycles. The van der Waals surface area contributed by atoms with Crippen LogP contribution >= 0.6 is 22.7 Å². The van der Waals surface area contributed by atoms with Crippen LogP contribution in [0.3, 0.4) is 0 Å². The lowest BCUT2D eigenvalue weighted by molar-refractivity contribution is -0.138. The van der Waals surface area contributed by atoms with Gasteiger partial charge in [0.1, 0.15) is 16.5 Å². The fourth-order valence-electron chi connectivity index (χ4n) is 2.82. The first-order valence-electron chi connectivity index (χ1n) is 9.12. The Morgan fingerprint density at radius 2 is 1.93 bits per heavy atom. The van der Waals surface area contributed by atoms with Crippen LogP contribution in [-0.4, -0.2) is 42.7 Å². The minimum Gasteiger partial charge on any atom is -0.463 e. The normalized spacial score (nSPS) is 13.7. The van der Waals surface area contributed by atoms with Gasteiger partial charge < -0.3 is 20.1 Å². The van der Waals surface area contributed by atoms with Crippen LogP contribution in [-0.2, 0) is 14.3 Å². The number of fused-ring (bicyclic) bond motifs is 1. The molecule has 8 nitrogen and oxygen atoms in total. The number of thiazole rings is 1. The van der Waals surface area contributed by atoms with Gasteiger partial charge in [-0.2, -0.15) is 0 Å². The number of hydrogen-bond acceptors (Lipinski definition) is 8. The Hall–Kier alpha value is -3.24. The molecule has 0 radical (unpaired) electrons. The van der Waals surface area contributed by atoms with Gasteiger partial charge in [0, 0.05) is 0 Å². The van der Waals surface area contributed by atoms with E-state index in [4.69, 9.17) is 9.47 Å². The summed E-state index contributed by atoms with van der Waals surface area (Å²) >= 11 is 2.83. The van der Waals surface area contributed by atoms with E-state index in [0.717, 1.165) is 20.1 Å². The minimum atomic E-state index is -0.565. The third kappa shape index (κ3) is 4.19. The van der Waals surface area contributed by atoms with Crippen LogP contribution in [0.5, 0.6) is 0 Å². The number of benzene rings is 1. The van der Waals surface area contributed by atoms with Gasteiger partial charge in [-0.1, -0.05) is 12.1 Å². The van der Waals surface area contributed by atoms with Crippen LogP contribution in [0.15, 0.2) is 47.7 Å². The van der Waals surface area contributed by atoms with Gasteiger partial charge in [-0.05, 0) is 31.2 Å². The summed E-state index contributed by atoms with van der Waals surface area (Å²) in [4.78, 5) is 42.0. The highest BCUT2D eigenvalue weighted by atomic mass is 32.1. The number of carbonyl (C=O) groups is 3. The fraction of sp³-hybridized carbons (Fsp3) is 0.200. The number of esters is 2. The van der Waals surface area contributed by atoms with Crippen molar-refractivity contribution in [2.24, 2.45) is 0 Å². The second-order valence-corrected chi connectivity index (χ2v) is 8.33. The molecule has 4 rings (SSSR count). The van der Waals surface area contributed by atoms with Crippen LogP contribution in [0, 0.1) is 0 Å². The summed E-state index contributed by atoms with van der Waals surface area (Å²) in [5.41, 5.74) is 1.36.